The molecule has 0 saturated heterocycles. The SMILES string of the molecule is OC(c1ccccc1)(c1ccccc1)[C@@H]1CC(Cc2ccccc2)(Cc2ccccc2)c2nn(-c3ccccn3)c[n+]21. The summed E-state index contributed by atoms with van der Waals surface area (Å²) in [6.45, 7) is 0. The van der Waals surface area contributed by atoms with Crippen LogP contribution in [0.1, 0.15) is 40.5 Å². The first-order valence-corrected chi connectivity index (χ1v) is 14.5. The van der Waals surface area contributed by atoms with Gasteiger partial charge in [-0.1, -0.05) is 132 Å². The molecule has 0 amide bonds. The molecule has 1 atom stereocenters. The van der Waals surface area contributed by atoms with E-state index in [0.717, 1.165) is 35.6 Å². The molecule has 2 aromatic heterocycles. The Morgan fingerprint density at radius 3 is 1.69 bits per heavy atom. The molecule has 0 radical (unpaired) electrons. The van der Waals surface area contributed by atoms with E-state index < -0.39 is 5.60 Å². The largest absolute Gasteiger partial charge is 0.377 e. The maximum absolute atomic E-state index is 13.1. The third-order valence-electron chi connectivity index (χ3n) is 8.64. The predicted molar refractivity (Wildman–Crippen MR) is 163 cm³/mol. The van der Waals surface area contributed by atoms with Gasteiger partial charge in [0, 0.05) is 23.8 Å². The fraction of sp³-hybridized carbons (Fsp3) is 0.162. The van der Waals surface area contributed by atoms with Crippen LogP contribution < -0.4 is 4.57 Å². The third kappa shape index (κ3) is 4.62. The molecule has 206 valence electrons. The van der Waals surface area contributed by atoms with Crippen molar-refractivity contribution in [2.75, 3.05) is 0 Å². The fourth-order valence-corrected chi connectivity index (χ4v) is 6.74. The third-order valence-corrected chi connectivity index (χ3v) is 8.64. The summed E-state index contributed by atoms with van der Waals surface area (Å²) in [6, 6.07) is 47.0. The van der Waals surface area contributed by atoms with E-state index in [-0.39, 0.29) is 11.5 Å². The molecule has 5 nitrogen and oxygen atoms in total. The molecule has 0 fully saturated rings. The van der Waals surface area contributed by atoms with Gasteiger partial charge in [0.15, 0.2) is 0 Å². The summed E-state index contributed by atoms with van der Waals surface area (Å²) in [7, 11) is 0. The number of benzene rings is 4. The van der Waals surface area contributed by atoms with E-state index in [9.17, 15) is 5.11 Å². The van der Waals surface area contributed by atoms with Gasteiger partial charge in [0.1, 0.15) is 11.6 Å². The van der Waals surface area contributed by atoms with E-state index in [1.54, 1.807) is 6.20 Å². The molecular formula is C37H33N4O+. The van der Waals surface area contributed by atoms with Crippen LogP contribution in [0, 0.1) is 0 Å². The molecule has 1 N–H and O–H groups in total. The van der Waals surface area contributed by atoms with Crippen molar-refractivity contribution in [1.82, 2.24) is 14.8 Å². The van der Waals surface area contributed by atoms with E-state index in [1.165, 1.54) is 11.1 Å². The van der Waals surface area contributed by atoms with Crippen LogP contribution in [0.4, 0.5) is 0 Å². The minimum absolute atomic E-state index is 0.317. The van der Waals surface area contributed by atoms with Crippen LogP contribution in [0.5, 0.6) is 0 Å². The number of aromatic nitrogens is 4. The van der Waals surface area contributed by atoms with Gasteiger partial charge in [-0.3, -0.25) is 0 Å². The first-order valence-electron chi connectivity index (χ1n) is 14.5. The molecule has 3 heterocycles. The normalized spacial score (nSPS) is 15.8. The fourth-order valence-electron chi connectivity index (χ4n) is 6.74. The lowest BCUT2D eigenvalue weighted by Gasteiger charge is -2.35. The van der Waals surface area contributed by atoms with Crippen molar-refractivity contribution in [3.05, 3.63) is 180 Å². The second kappa shape index (κ2) is 10.8. The Hall–Kier alpha value is -4.87. The molecule has 0 saturated carbocycles. The number of hydrogen-bond acceptors (Lipinski definition) is 3. The summed E-state index contributed by atoms with van der Waals surface area (Å²) in [4.78, 5) is 4.61. The van der Waals surface area contributed by atoms with Crippen LogP contribution in [0.25, 0.3) is 5.82 Å². The average Bonchev–Trinajstić information content (AvgIpc) is 3.63. The van der Waals surface area contributed by atoms with Crippen molar-refractivity contribution < 1.29 is 9.67 Å². The van der Waals surface area contributed by atoms with Gasteiger partial charge in [0.05, 0.1) is 5.41 Å². The Morgan fingerprint density at radius 2 is 1.19 bits per heavy atom. The zero-order valence-corrected chi connectivity index (χ0v) is 23.4. The topological polar surface area (TPSA) is 54.8 Å². The highest BCUT2D eigenvalue weighted by atomic mass is 16.3. The summed E-state index contributed by atoms with van der Waals surface area (Å²) in [5.41, 5.74) is 2.54. The lowest BCUT2D eigenvalue weighted by molar-refractivity contribution is -0.731. The number of pyridine rings is 1. The highest BCUT2D eigenvalue weighted by molar-refractivity contribution is 5.39. The van der Waals surface area contributed by atoms with E-state index >= 15 is 0 Å². The number of hydrogen-bond donors (Lipinski definition) is 1. The zero-order valence-electron chi connectivity index (χ0n) is 23.4. The first kappa shape index (κ1) is 26.1. The monoisotopic (exact) mass is 549 g/mol. The van der Waals surface area contributed by atoms with E-state index in [2.05, 4.69) is 70.2 Å². The molecule has 5 heteroatoms. The smallest absolute Gasteiger partial charge is 0.285 e. The van der Waals surface area contributed by atoms with Crippen LogP contribution in [0.3, 0.4) is 0 Å². The van der Waals surface area contributed by atoms with Crippen molar-refractivity contribution >= 4 is 0 Å². The lowest BCUT2D eigenvalue weighted by atomic mass is 9.70. The van der Waals surface area contributed by atoms with Gasteiger partial charge in [-0.15, -0.1) is 0 Å². The van der Waals surface area contributed by atoms with Crippen molar-refractivity contribution in [3.8, 4) is 5.82 Å². The van der Waals surface area contributed by atoms with Crippen LogP contribution >= 0.6 is 0 Å². The number of aliphatic hydroxyl groups is 1. The molecule has 0 unspecified atom stereocenters. The molecule has 0 spiro atoms. The Morgan fingerprint density at radius 1 is 0.690 bits per heavy atom. The maximum Gasteiger partial charge on any atom is 0.285 e. The Kier molecular flexibility index (Phi) is 6.73. The Labute approximate surface area is 246 Å². The molecule has 4 aromatic carbocycles. The standard InChI is InChI=1S/C37H33N4O/c42-37(31-19-9-3-10-20-31,32-21-11-4-12-22-32)33-27-36(25-29-15-5-1-6-16-29,26-30-17-7-2-8-18-30)35-39-41(28-40(33)35)34-23-13-14-24-38-34/h1-24,28,33,42H,25-27H2/q+1/t33-/m0/s1. The Bertz CT molecular complexity index is 1670. The summed E-state index contributed by atoms with van der Waals surface area (Å²) < 4.78 is 4.09. The van der Waals surface area contributed by atoms with Gasteiger partial charge < -0.3 is 5.11 Å². The minimum Gasteiger partial charge on any atom is -0.377 e. The predicted octanol–water partition coefficient (Wildman–Crippen LogP) is 6.16. The van der Waals surface area contributed by atoms with Crippen molar-refractivity contribution in [3.63, 3.8) is 0 Å². The molecule has 1 aliphatic heterocycles. The summed E-state index contributed by atoms with van der Waals surface area (Å²) in [6.07, 6.45) is 6.10. The lowest BCUT2D eigenvalue weighted by Crippen LogP contribution is -2.50. The highest BCUT2D eigenvalue weighted by Crippen LogP contribution is 2.49. The number of fused-ring (bicyclic) bond motifs is 1. The first-order chi connectivity index (χ1) is 20.7. The summed E-state index contributed by atoms with van der Waals surface area (Å²) in [5, 5.41) is 18.3. The second-order valence-electron chi connectivity index (χ2n) is 11.3. The maximum atomic E-state index is 13.1. The molecule has 0 aliphatic carbocycles. The van der Waals surface area contributed by atoms with Crippen molar-refractivity contribution in [2.45, 2.75) is 36.3 Å². The number of rotatable bonds is 8. The van der Waals surface area contributed by atoms with Gasteiger partial charge in [-0.25, -0.2) is 9.55 Å². The van der Waals surface area contributed by atoms with E-state index in [1.807, 2.05) is 89.9 Å². The second-order valence-corrected chi connectivity index (χ2v) is 11.3. The highest BCUT2D eigenvalue weighted by Gasteiger charge is 2.58. The van der Waals surface area contributed by atoms with Crippen molar-refractivity contribution in [1.29, 1.82) is 0 Å². The molecule has 1 aliphatic rings. The van der Waals surface area contributed by atoms with Crippen LogP contribution in [0.2, 0.25) is 0 Å². The zero-order chi connectivity index (χ0) is 28.4. The molecule has 0 bridgehead atoms. The average molecular weight is 550 g/mol. The van der Waals surface area contributed by atoms with E-state index in [0.29, 0.717) is 6.42 Å². The molecule has 42 heavy (non-hydrogen) atoms. The Balaban J connectivity index is 1.47. The summed E-state index contributed by atoms with van der Waals surface area (Å²) >= 11 is 0. The quantitative estimate of drug-likeness (QED) is 0.232. The van der Waals surface area contributed by atoms with E-state index in [4.69, 9.17) is 5.10 Å². The van der Waals surface area contributed by atoms with Gasteiger partial charge in [-0.05, 0) is 41.2 Å². The minimum atomic E-state index is -1.30. The molecule has 6 aromatic rings. The number of nitrogens with zero attached hydrogens (tertiary/aromatic N) is 4. The van der Waals surface area contributed by atoms with Crippen molar-refractivity contribution in [2.24, 2.45) is 0 Å². The molecule has 7 rings (SSSR count). The van der Waals surface area contributed by atoms with Crippen LogP contribution in [0.15, 0.2) is 152 Å². The van der Waals surface area contributed by atoms with Crippen LogP contribution in [-0.2, 0) is 23.9 Å². The van der Waals surface area contributed by atoms with Gasteiger partial charge in [0.2, 0.25) is 12.1 Å². The van der Waals surface area contributed by atoms with Crippen LogP contribution in [-0.4, -0.2) is 19.9 Å². The summed E-state index contributed by atoms with van der Waals surface area (Å²) in [5.74, 6) is 1.70. The molecular weight excluding hydrogens is 516 g/mol. The van der Waals surface area contributed by atoms with Gasteiger partial charge in [0.25, 0.3) is 5.82 Å². The van der Waals surface area contributed by atoms with Gasteiger partial charge >= 0.3 is 0 Å². The van der Waals surface area contributed by atoms with Gasteiger partial charge in [-0.2, -0.15) is 0 Å².